The van der Waals surface area contributed by atoms with Crippen molar-refractivity contribution in [2.45, 2.75) is 19.8 Å². The van der Waals surface area contributed by atoms with Crippen molar-refractivity contribution in [2.24, 2.45) is 0 Å². The molecule has 0 saturated carbocycles. The summed E-state index contributed by atoms with van der Waals surface area (Å²) in [7, 11) is 0. The third kappa shape index (κ3) is 6.67. The molecule has 2 N–H and O–H groups in total. The molecule has 6 heteroatoms. The molecular weight excluding hydrogens is 277 g/mol. The van der Waals surface area contributed by atoms with Crippen LogP contribution in [0.25, 0.3) is 6.08 Å². The summed E-state index contributed by atoms with van der Waals surface area (Å²) in [5.74, 6) is -1.92. The molecule has 0 aliphatic carbocycles. The molecular formula is C15H18FNO4. The fraction of sp³-hybridized carbons (Fsp3) is 0.333. The lowest BCUT2D eigenvalue weighted by molar-refractivity contribution is -0.131. The summed E-state index contributed by atoms with van der Waals surface area (Å²) in [4.78, 5) is 22.1. The Hall–Kier alpha value is -2.21. The first-order valence-electron chi connectivity index (χ1n) is 6.61. The molecule has 21 heavy (non-hydrogen) atoms. The summed E-state index contributed by atoms with van der Waals surface area (Å²) in [5, 5.41) is 11.2. The molecule has 0 radical (unpaired) electrons. The number of carbonyl (C=O) groups is 2. The Morgan fingerprint density at radius 2 is 2.19 bits per heavy atom. The zero-order valence-electron chi connectivity index (χ0n) is 11.8. The monoisotopic (exact) mass is 295 g/mol. The number of hydrogen-bond donors (Lipinski definition) is 2. The second-order valence-corrected chi connectivity index (χ2v) is 4.26. The van der Waals surface area contributed by atoms with Gasteiger partial charge in [-0.15, -0.1) is 0 Å². The van der Waals surface area contributed by atoms with Gasteiger partial charge in [0.15, 0.2) is 0 Å². The van der Waals surface area contributed by atoms with E-state index in [-0.39, 0.29) is 11.5 Å². The Labute approximate surface area is 122 Å². The van der Waals surface area contributed by atoms with Gasteiger partial charge in [0.1, 0.15) is 5.82 Å². The van der Waals surface area contributed by atoms with Crippen LogP contribution in [-0.2, 0) is 14.3 Å². The lowest BCUT2D eigenvalue weighted by Gasteiger charge is -2.07. The van der Waals surface area contributed by atoms with Gasteiger partial charge in [0.25, 0.3) is 0 Å². The molecule has 1 aromatic carbocycles. The molecule has 5 nitrogen and oxygen atoms in total. The molecule has 0 unspecified atom stereocenters. The maximum Gasteiger partial charge on any atom is 0.328 e. The van der Waals surface area contributed by atoms with Crippen molar-refractivity contribution in [2.75, 3.05) is 18.5 Å². The van der Waals surface area contributed by atoms with E-state index in [4.69, 9.17) is 9.84 Å². The minimum absolute atomic E-state index is 0.101. The lowest BCUT2D eigenvalue weighted by Crippen LogP contribution is -2.12. The maximum atomic E-state index is 13.5. The second-order valence-electron chi connectivity index (χ2n) is 4.26. The summed E-state index contributed by atoms with van der Waals surface area (Å²) in [6.07, 6.45) is 2.89. The van der Waals surface area contributed by atoms with E-state index in [1.807, 2.05) is 6.92 Å². The largest absolute Gasteiger partial charge is 0.478 e. The zero-order chi connectivity index (χ0) is 15.7. The molecule has 0 bridgehead atoms. The lowest BCUT2D eigenvalue weighted by atomic mass is 10.1. The number of carboxylic acid groups (broad SMARTS) is 1. The van der Waals surface area contributed by atoms with Crippen LogP contribution in [-0.4, -0.2) is 30.2 Å². The molecule has 1 amide bonds. The van der Waals surface area contributed by atoms with E-state index in [2.05, 4.69) is 5.32 Å². The molecule has 0 fully saturated rings. The molecule has 0 saturated heterocycles. The molecule has 0 aliphatic heterocycles. The van der Waals surface area contributed by atoms with Crippen LogP contribution < -0.4 is 5.32 Å². The molecule has 0 aromatic heterocycles. The minimum atomic E-state index is -1.17. The molecule has 1 aromatic rings. The van der Waals surface area contributed by atoms with E-state index >= 15 is 0 Å². The second kappa shape index (κ2) is 8.86. The van der Waals surface area contributed by atoms with Gasteiger partial charge in [-0.1, -0.05) is 0 Å². The van der Waals surface area contributed by atoms with Crippen LogP contribution in [0, 0.1) is 5.82 Å². The average molecular weight is 295 g/mol. The first-order chi connectivity index (χ1) is 10.0. The highest BCUT2D eigenvalue weighted by Crippen LogP contribution is 2.16. The summed E-state index contributed by atoms with van der Waals surface area (Å²) < 4.78 is 18.6. The first-order valence-corrected chi connectivity index (χ1v) is 6.61. The number of hydrogen-bond acceptors (Lipinski definition) is 3. The van der Waals surface area contributed by atoms with Crippen LogP contribution in [0.1, 0.15) is 25.3 Å². The van der Waals surface area contributed by atoms with Gasteiger partial charge in [-0.3, -0.25) is 4.79 Å². The summed E-state index contributed by atoms with van der Waals surface area (Å²) in [6, 6.07) is 3.99. The van der Waals surface area contributed by atoms with Crippen molar-refractivity contribution in [1.82, 2.24) is 0 Å². The number of carbonyl (C=O) groups excluding carboxylic acids is 1. The Morgan fingerprint density at radius 1 is 1.43 bits per heavy atom. The van der Waals surface area contributed by atoms with Crippen molar-refractivity contribution in [3.63, 3.8) is 0 Å². The van der Waals surface area contributed by atoms with E-state index in [0.717, 1.165) is 12.2 Å². The highest BCUT2D eigenvalue weighted by atomic mass is 19.1. The van der Waals surface area contributed by atoms with Crippen molar-refractivity contribution in [1.29, 1.82) is 0 Å². The van der Waals surface area contributed by atoms with E-state index < -0.39 is 11.8 Å². The van der Waals surface area contributed by atoms with Gasteiger partial charge in [0, 0.05) is 37.0 Å². The van der Waals surface area contributed by atoms with Crippen LogP contribution in [0.4, 0.5) is 10.1 Å². The van der Waals surface area contributed by atoms with Crippen LogP contribution in [0.2, 0.25) is 0 Å². The zero-order valence-corrected chi connectivity index (χ0v) is 11.8. The van der Waals surface area contributed by atoms with Crippen molar-refractivity contribution in [3.05, 3.63) is 35.7 Å². The Balaban J connectivity index is 2.61. The summed E-state index contributed by atoms with van der Waals surface area (Å²) in [6.45, 7) is 3.00. The van der Waals surface area contributed by atoms with Crippen LogP contribution in [0.15, 0.2) is 24.3 Å². The predicted octanol–water partition coefficient (Wildman–Crippen LogP) is 2.68. The van der Waals surface area contributed by atoms with Crippen LogP contribution >= 0.6 is 0 Å². The average Bonchev–Trinajstić information content (AvgIpc) is 2.44. The number of benzene rings is 1. The van der Waals surface area contributed by atoms with Gasteiger partial charge in [-0.05, 0) is 37.6 Å². The van der Waals surface area contributed by atoms with E-state index in [0.29, 0.717) is 31.7 Å². The Kier molecular flexibility index (Phi) is 7.11. The standard InChI is InChI=1S/C15H18FNO4/c1-2-21-9-3-4-14(18)17-12-6-7-13(16)11(10-12)5-8-15(19)20/h5-8,10H,2-4,9H2,1H3,(H,17,18)(H,19,20)/b8-5+. The van der Waals surface area contributed by atoms with Crippen LogP contribution in [0.5, 0.6) is 0 Å². The fourth-order valence-corrected chi connectivity index (χ4v) is 1.61. The molecule has 0 spiro atoms. The third-order valence-electron chi connectivity index (χ3n) is 2.58. The first kappa shape index (κ1) is 16.8. The molecule has 1 rings (SSSR count). The van der Waals surface area contributed by atoms with Crippen molar-refractivity contribution in [3.8, 4) is 0 Å². The van der Waals surface area contributed by atoms with Gasteiger partial charge >= 0.3 is 5.97 Å². The SMILES string of the molecule is CCOCCCC(=O)Nc1ccc(F)c(/C=C/C(=O)O)c1. The van der Waals surface area contributed by atoms with Gasteiger partial charge in [0.2, 0.25) is 5.91 Å². The van der Waals surface area contributed by atoms with Crippen molar-refractivity contribution < 1.29 is 23.8 Å². The summed E-state index contributed by atoms with van der Waals surface area (Å²) >= 11 is 0. The highest BCUT2D eigenvalue weighted by Gasteiger charge is 2.05. The smallest absolute Gasteiger partial charge is 0.328 e. The number of amides is 1. The van der Waals surface area contributed by atoms with E-state index in [1.165, 1.54) is 18.2 Å². The number of nitrogens with one attached hydrogen (secondary N) is 1. The molecule has 0 atom stereocenters. The molecule has 0 heterocycles. The van der Waals surface area contributed by atoms with Crippen molar-refractivity contribution >= 4 is 23.6 Å². The number of halogens is 1. The fourth-order valence-electron chi connectivity index (χ4n) is 1.61. The topological polar surface area (TPSA) is 75.6 Å². The van der Waals surface area contributed by atoms with Crippen LogP contribution in [0.3, 0.4) is 0 Å². The number of ether oxygens (including phenoxy) is 1. The van der Waals surface area contributed by atoms with Gasteiger partial charge in [0.05, 0.1) is 0 Å². The summed E-state index contributed by atoms with van der Waals surface area (Å²) in [5.41, 5.74) is 0.521. The molecule has 0 aliphatic rings. The third-order valence-corrected chi connectivity index (χ3v) is 2.58. The van der Waals surface area contributed by atoms with Gasteiger partial charge < -0.3 is 15.2 Å². The predicted molar refractivity (Wildman–Crippen MR) is 77.4 cm³/mol. The van der Waals surface area contributed by atoms with E-state index in [9.17, 15) is 14.0 Å². The highest BCUT2D eigenvalue weighted by molar-refractivity contribution is 5.91. The number of aliphatic carboxylic acids is 1. The number of anilines is 1. The van der Waals surface area contributed by atoms with Gasteiger partial charge in [-0.25, -0.2) is 9.18 Å². The molecule has 114 valence electrons. The van der Waals surface area contributed by atoms with E-state index in [1.54, 1.807) is 0 Å². The Bertz CT molecular complexity index is 528. The maximum absolute atomic E-state index is 13.5. The quantitative estimate of drug-likeness (QED) is 0.571. The number of carboxylic acids is 1. The minimum Gasteiger partial charge on any atom is -0.478 e. The number of rotatable bonds is 8. The normalized spacial score (nSPS) is 10.8. The Morgan fingerprint density at radius 3 is 2.86 bits per heavy atom. The van der Waals surface area contributed by atoms with Gasteiger partial charge in [-0.2, -0.15) is 0 Å².